The van der Waals surface area contributed by atoms with Crippen LogP contribution >= 0.6 is 0 Å². The summed E-state index contributed by atoms with van der Waals surface area (Å²) in [7, 11) is -3.19. The number of aromatic amines is 2. The predicted molar refractivity (Wildman–Crippen MR) is 167 cm³/mol. The average molecular weight is 597 g/mol. The fraction of sp³-hybridized carbons (Fsp3) is 0.188. The van der Waals surface area contributed by atoms with Crippen LogP contribution in [0.3, 0.4) is 0 Å². The molecule has 0 aliphatic heterocycles. The molecular weight excluding hydrogens is 567 g/mol. The number of aromatic nitrogens is 5. The lowest BCUT2D eigenvalue weighted by Crippen LogP contribution is -2.17. The number of carbonyl (C=O) groups excluding carboxylic acids is 1. The molecule has 43 heavy (non-hydrogen) atoms. The third kappa shape index (κ3) is 6.02. The van der Waals surface area contributed by atoms with Crippen molar-refractivity contribution in [1.29, 1.82) is 0 Å². The topological polar surface area (TPSA) is 133 Å². The molecule has 0 radical (unpaired) electrons. The molecule has 0 bridgehead atoms. The Morgan fingerprint density at radius 2 is 1.72 bits per heavy atom. The van der Waals surface area contributed by atoms with E-state index in [-0.39, 0.29) is 24.0 Å². The van der Waals surface area contributed by atoms with Crippen molar-refractivity contribution in [2.75, 3.05) is 17.3 Å². The number of amides is 1. The minimum absolute atomic E-state index is 0.0617. The summed E-state index contributed by atoms with van der Waals surface area (Å²) in [6, 6.07) is 14.4. The zero-order valence-electron chi connectivity index (χ0n) is 23.8. The Balaban J connectivity index is 1.38. The number of hydrogen-bond donors (Lipinski definition) is 3. The van der Waals surface area contributed by atoms with Gasteiger partial charge >= 0.3 is 0 Å². The van der Waals surface area contributed by atoms with Crippen molar-refractivity contribution in [3.8, 4) is 33.6 Å². The SMILES string of the molecule is CC(C)C(=O)Nc1cncc(-c2ccc3[nH]nc(-c4cc5c(-c6cc(F)cc(CCS(C)(=O)=O)c6)cncc5[nH]4)c3c2)c1. The lowest BCUT2D eigenvalue weighted by molar-refractivity contribution is -0.118. The third-order valence-electron chi connectivity index (χ3n) is 7.26. The number of H-pyrrole nitrogens is 2. The molecule has 0 atom stereocenters. The highest BCUT2D eigenvalue weighted by molar-refractivity contribution is 7.90. The highest BCUT2D eigenvalue weighted by Gasteiger charge is 2.16. The lowest BCUT2D eigenvalue weighted by atomic mass is 10.00. The Morgan fingerprint density at radius 3 is 2.51 bits per heavy atom. The molecule has 0 unspecified atom stereocenters. The maximum Gasteiger partial charge on any atom is 0.226 e. The van der Waals surface area contributed by atoms with Gasteiger partial charge in [-0.15, -0.1) is 0 Å². The Kier molecular flexibility index (Phi) is 7.26. The average Bonchev–Trinajstić information content (AvgIpc) is 3.59. The van der Waals surface area contributed by atoms with Crippen LogP contribution in [-0.2, 0) is 21.1 Å². The van der Waals surface area contributed by atoms with Crippen LogP contribution in [0.4, 0.5) is 10.1 Å². The molecule has 9 nitrogen and oxygen atoms in total. The zero-order valence-corrected chi connectivity index (χ0v) is 24.6. The van der Waals surface area contributed by atoms with E-state index in [1.165, 1.54) is 18.4 Å². The van der Waals surface area contributed by atoms with Crippen molar-refractivity contribution >= 4 is 43.2 Å². The van der Waals surface area contributed by atoms with Gasteiger partial charge in [0.2, 0.25) is 5.91 Å². The van der Waals surface area contributed by atoms with E-state index in [4.69, 9.17) is 0 Å². The first-order chi connectivity index (χ1) is 20.5. The van der Waals surface area contributed by atoms with Gasteiger partial charge in [0.15, 0.2) is 0 Å². The first-order valence-electron chi connectivity index (χ1n) is 13.7. The molecule has 0 saturated heterocycles. The molecular formula is C32H29FN6O3S. The molecule has 0 saturated carbocycles. The fourth-order valence-electron chi connectivity index (χ4n) is 5.01. The summed E-state index contributed by atoms with van der Waals surface area (Å²) < 4.78 is 38.0. The molecule has 1 amide bonds. The highest BCUT2D eigenvalue weighted by atomic mass is 32.2. The van der Waals surface area contributed by atoms with Crippen LogP contribution in [0.1, 0.15) is 19.4 Å². The molecule has 0 aliphatic rings. The van der Waals surface area contributed by atoms with Gasteiger partial charge in [0.05, 0.1) is 40.6 Å². The van der Waals surface area contributed by atoms with Gasteiger partial charge < -0.3 is 10.3 Å². The molecule has 0 fully saturated rings. The minimum atomic E-state index is -3.19. The van der Waals surface area contributed by atoms with Crippen LogP contribution in [0.5, 0.6) is 0 Å². The van der Waals surface area contributed by atoms with Gasteiger partial charge in [0.1, 0.15) is 21.3 Å². The van der Waals surface area contributed by atoms with Crippen LogP contribution in [0.25, 0.3) is 55.4 Å². The van der Waals surface area contributed by atoms with E-state index in [2.05, 4.69) is 30.5 Å². The smallest absolute Gasteiger partial charge is 0.226 e. The number of carbonyl (C=O) groups is 1. The Morgan fingerprint density at radius 1 is 0.907 bits per heavy atom. The molecule has 4 heterocycles. The highest BCUT2D eigenvalue weighted by Crippen LogP contribution is 2.35. The van der Waals surface area contributed by atoms with Crippen molar-refractivity contribution in [1.82, 2.24) is 25.1 Å². The van der Waals surface area contributed by atoms with Crippen molar-refractivity contribution in [3.63, 3.8) is 0 Å². The number of nitrogens with one attached hydrogen (secondary N) is 3. The van der Waals surface area contributed by atoms with Crippen molar-refractivity contribution in [2.45, 2.75) is 20.3 Å². The van der Waals surface area contributed by atoms with Crippen molar-refractivity contribution in [3.05, 3.63) is 84.7 Å². The number of benzene rings is 2. The number of fused-ring (bicyclic) bond motifs is 2. The second-order valence-electron chi connectivity index (χ2n) is 11.0. The quantitative estimate of drug-likeness (QED) is 0.193. The number of rotatable bonds is 8. The third-order valence-corrected chi connectivity index (χ3v) is 8.20. The summed E-state index contributed by atoms with van der Waals surface area (Å²) in [6.07, 6.45) is 8.13. The number of hydrogen-bond acceptors (Lipinski definition) is 6. The van der Waals surface area contributed by atoms with Gasteiger partial charge in [-0.25, -0.2) is 12.8 Å². The zero-order chi connectivity index (χ0) is 30.3. The minimum Gasteiger partial charge on any atom is -0.352 e. The van der Waals surface area contributed by atoms with E-state index >= 15 is 0 Å². The first-order valence-corrected chi connectivity index (χ1v) is 15.8. The van der Waals surface area contributed by atoms with E-state index in [0.29, 0.717) is 28.1 Å². The molecule has 11 heteroatoms. The van der Waals surface area contributed by atoms with Gasteiger partial charge in [0, 0.05) is 46.5 Å². The molecule has 218 valence electrons. The number of sulfone groups is 1. The molecule has 0 aliphatic carbocycles. The summed E-state index contributed by atoms with van der Waals surface area (Å²) in [5, 5.41) is 12.3. The number of halogens is 1. The number of pyridine rings is 2. The van der Waals surface area contributed by atoms with Crippen LogP contribution in [-0.4, -0.2) is 51.5 Å². The Bertz CT molecular complexity index is 2120. The van der Waals surface area contributed by atoms with Crippen LogP contribution in [0.15, 0.2) is 73.3 Å². The fourth-order valence-corrected chi connectivity index (χ4v) is 5.62. The van der Waals surface area contributed by atoms with E-state index in [0.717, 1.165) is 38.6 Å². The molecule has 4 aromatic heterocycles. The molecule has 0 spiro atoms. The molecule has 3 N–H and O–H groups in total. The number of anilines is 1. The van der Waals surface area contributed by atoms with E-state index in [1.54, 1.807) is 30.9 Å². The van der Waals surface area contributed by atoms with Gasteiger partial charge in [-0.3, -0.25) is 19.9 Å². The summed E-state index contributed by atoms with van der Waals surface area (Å²) in [5.74, 6) is -0.735. The van der Waals surface area contributed by atoms with Crippen LogP contribution in [0.2, 0.25) is 0 Å². The van der Waals surface area contributed by atoms with Gasteiger partial charge in [-0.2, -0.15) is 5.10 Å². The largest absolute Gasteiger partial charge is 0.352 e. The van der Waals surface area contributed by atoms with E-state index in [9.17, 15) is 17.6 Å². The summed E-state index contributed by atoms with van der Waals surface area (Å²) in [6.45, 7) is 3.67. The van der Waals surface area contributed by atoms with E-state index < -0.39 is 15.7 Å². The maximum absolute atomic E-state index is 14.6. The standard InChI is InChI=1S/C32H29FN6O3S/c1-18(2)32(40)36-24-11-22(14-34-15-24)20-4-5-28-26(12-20)31(39-38-28)29-13-25-27(16-35-17-30(25)37-29)21-8-19(9-23(33)10-21)6-7-43(3,41)42/h4-5,8-18,37H,6-7H2,1-3H3,(H,36,40)(H,38,39). The molecule has 6 aromatic rings. The predicted octanol–water partition coefficient (Wildman–Crippen LogP) is 6.16. The van der Waals surface area contributed by atoms with Gasteiger partial charge in [-0.1, -0.05) is 26.0 Å². The Hall–Kier alpha value is -4.90. The second-order valence-corrected chi connectivity index (χ2v) is 13.3. The van der Waals surface area contributed by atoms with Crippen LogP contribution in [0, 0.1) is 11.7 Å². The van der Waals surface area contributed by atoms with Gasteiger partial charge in [0.25, 0.3) is 0 Å². The molecule has 6 rings (SSSR count). The van der Waals surface area contributed by atoms with Crippen LogP contribution < -0.4 is 5.32 Å². The number of aryl methyl sites for hydroxylation is 1. The summed E-state index contributed by atoms with van der Waals surface area (Å²) in [5.41, 5.74) is 7.33. The van der Waals surface area contributed by atoms with E-state index in [1.807, 2.05) is 44.2 Å². The lowest BCUT2D eigenvalue weighted by Gasteiger charge is -2.09. The normalized spacial score (nSPS) is 11.9. The van der Waals surface area contributed by atoms with Crippen molar-refractivity contribution < 1.29 is 17.6 Å². The molecule has 2 aromatic carbocycles. The first kappa shape index (κ1) is 28.2. The second kappa shape index (κ2) is 11.1. The summed E-state index contributed by atoms with van der Waals surface area (Å²) >= 11 is 0. The van der Waals surface area contributed by atoms with Gasteiger partial charge in [-0.05, 0) is 59.5 Å². The maximum atomic E-state index is 14.6. The Labute approximate surface area is 247 Å². The number of nitrogens with zero attached hydrogens (tertiary/aromatic N) is 3. The monoisotopic (exact) mass is 596 g/mol. The summed E-state index contributed by atoms with van der Waals surface area (Å²) in [4.78, 5) is 24.3. The van der Waals surface area contributed by atoms with Crippen molar-refractivity contribution in [2.24, 2.45) is 5.92 Å².